The van der Waals surface area contributed by atoms with Crippen molar-refractivity contribution < 1.29 is 71.2 Å². The van der Waals surface area contributed by atoms with Crippen LogP contribution in [-0.2, 0) is 9.59 Å². The van der Waals surface area contributed by atoms with Crippen molar-refractivity contribution in [3.63, 3.8) is 0 Å². The average molecular weight is 462 g/mol. The number of thioether (sulfide) groups is 1. The number of carboxylic acid groups (broad SMARTS) is 1. The predicted molar refractivity (Wildman–Crippen MR) is 111 cm³/mol. The van der Waals surface area contributed by atoms with Crippen molar-refractivity contribution in [2.24, 2.45) is 5.92 Å². The molecule has 3 heterocycles. The molecule has 4 atom stereocenters. The Bertz CT molecular complexity index is 1170. The molecule has 0 bridgehead atoms. The van der Waals surface area contributed by atoms with Crippen LogP contribution in [0.2, 0.25) is 0 Å². The number of β-lactam (4-membered cyclic amide) rings is 1. The zero-order chi connectivity index (χ0) is 21.2. The van der Waals surface area contributed by atoms with Crippen molar-refractivity contribution >= 4 is 34.7 Å². The molecule has 2 aromatic carbocycles. The van der Waals surface area contributed by atoms with Gasteiger partial charge in [0.05, 0.1) is 28.4 Å². The third kappa shape index (κ3) is 3.51. The third-order valence-corrected chi connectivity index (χ3v) is 7.50. The van der Waals surface area contributed by atoms with Gasteiger partial charge in [0.2, 0.25) is 5.91 Å². The second kappa shape index (κ2) is 8.29. The maximum absolute atomic E-state index is 12.9. The van der Waals surface area contributed by atoms with Gasteiger partial charge in [-0.15, -0.1) is 11.8 Å². The summed E-state index contributed by atoms with van der Waals surface area (Å²) < 4.78 is 1.16. The Labute approximate surface area is 226 Å². The average Bonchev–Trinajstić information content (AvgIpc) is 3.22. The summed E-state index contributed by atoms with van der Waals surface area (Å²) in [4.78, 5) is 30.6. The molecule has 3 aromatic rings. The summed E-state index contributed by atoms with van der Waals surface area (Å²) in [6, 6.07) is 16.1. The van der Waals surface area contributed by atoms with E-state index in [2.05, 4.69) is 4.98 Å². The fraction of sp³-hybridized carbons (Fsp3) is 0.318. The molecular formula is C22H20KN3O4S. The van der Waals surface area contributed by atoms with Crippen LogP contribution in [0.4, 0.5) is 0 Å². The first-order valence-corrected chi connectivity index (χ1v) is 10.6. The van der Waals surface area contributed by atoms with Crippen molar-refractivity contribution in [3.05, 3.63) is 60.4 Å². The number of rotatable bonds is 4. The molecule has 1 aromatic heterocycles. The van der Waals surface area contributed by atoms with Gasteiger partial charge in [-0.1, -0.05) is 30.3 Å². The normalized spacial score (nSPS) is 24.9. The zero-order valence-corrected chi connectivity index (χ0v) is 21.4. The number of aliphatic hydroxyl groups excluding tert-OH is 1. The Hall–Kier alpha value is -1.20. The molecule has 2 aliphatic heterocycles. The van der Waals surface area contributed by atoms with Crippen LogP contribution < -0.4 is 56.5 Å². The summed E-state index contributed by atoms with van der Waals surface area (Å²) in [5.74, 6) is -2.05. The number of fused-ring (bicyclic) bond motifs is 2. The van der Waals surface area contributed by atoms with E-state index in [9.17, 15) is 19.8 Å². The van der Waals surface area contributed by atoms with Crippen molar-refractivity contribution in [2.45, 2.75) is 36.1 Å². The van der Waals surface area contributed by atoms with Crippen LogP contribution in [0.1, 0.15) is 25.8 Å². The van der Waals surface area contributed by atoms with E-state index in [1.54, 1.807) is 13.8 Å². The van der Waals surface area contributed by atoms with E-state index in [1.807, 2.05) is 59.2 Å². The Kier molecular flexibility index (Phi) is 6.15. The number of carbonyl (C=O) groups is 2. The molecule has 1 amide bonds. The number of imidazole rings is 1. The number of carbonyl (C=O) groups excluding carboxylic acids is 2. The first-order valence-electron chi connectivity index (χ1n) is 9.73. The summed E-state index contributed by atoms with van der Waals surface area (Å²) in [5, 5.41) is 22.5. The van der Waals surface area contributed by atoms with Crippen LogP contribution in [0.3, 0.4) is 0 Å². The molecule has 2 aliphatic rings. The minimum atomic E-state index is -1.27. The first-order chi connectivity index (χ1) is 14.3. The number of para-hydroxylation sites is 3. The number of hydrogen-bond acceptors (Lipinski definition) is 6. The van der Waals surface area contributed by atoms with Crippen LogP contribution in [-0.4, -0.2) is 47.6 Å². The maximum Gasteiger partial charge on any atom is 1.00 e. The van der Waals surface area contributed by atoms with Crippen molar-refractivity contribution in [1.82, 2.24) is 14.5 Å². The molecular weight excluding hydrogens is 441 g/mol. The number of aromatic nitrogens is 2. The molecule has 0 aliphatic carbocycles. The molecule has 9 heteroatoms. The van der Waals surface area contributed by atoms with Crippen LogP contribution in [0.5, 0.6) is 0 Å². The van der Waals surface area contributed by atoms with E-state index >= 15 is 0 Å². The molecule has 0 unspecified atom stereocenters. The number of amides is 1. The Balaban J connectivity index is 0.00000231. The number of aliphatic carboxylic acids is 1. The SMILES string of the molecule is CC1(C)S[C@@H]2[C@H]([C@H](O)c3nc4ccccc4n3-c3ccccc3)C(=O)N2[C@H]1C(=O)[O-].[K+]. The minimum absolute atomic E-state index is 0. The van der Waals surface area contributed by atoms with Crippen LogP contribution in [0.25, 0.3) is 16.7 Å². The van der Waals surface area contributed by atoms with E-state index in [0.717, 1.165) is 11.2 Å². The maximum atomic E-state index is 12.9. The molecule has 2 saturated heterocycles. The summed E-state index contributed by atoms with van der Waals surface area (Å²) in [6.07, 6.45) is -1.17. The number of benzene rings is 2. The van der Waals surface area contributed by atoms with Crippen molar-refractivity contribution in [2.75, 3.05) is 0 Å². The summed E-state index contributed by atoms with van der Waals surface area (Å²) in [7, 11) is 0. The standard InChI is InChI=1S/C22H21N3O4S.K/c1-22(2)17(21(28)29)25-19(27)15(20(25)30-22)16(26)18-23-13-10-6-7-11-14(13)24(18)12-8-4-3-5-9-12;/h3-11,15-17,20,26H,1-2H3,(H,28,29);/q;+1/p-1/t15-,16+,17+,20-;/m1./s1. The molecule has 0 radical (unpaired) electrons. The van der Waals surface area contributed by atoms with E-state index < -0.39 is 34.2 Å². The fourth-order valence-corrected chi connectivity index (χ4v) is 6.28. The summed E-state index contributed by atoms with van der Waals surface area (Å²) in [5.41, 5.74) is 2.37. The van der Waals surface area contributed by atoms with Crippen LogP contribution in [0, 0.1) is 5.92 Å². The number of hydrogen-bond donors (Lipinski definition) is 1. The topological polar surface area (TPSA) is 98.5 Å². The van der Waals surface area contributed by atoms with Crippen molar-refractivity contribution in [3.8, 4) is 5.69 Å². The largest absolute Gasteiger partial charge is 1.00 e. The Morgan fingerprint density at radius 1 is 1.16 bits per heavy atom. The van der Waals surface area contributed by atoms with Crippen LogP contribution in [0.15, 0.2) is 54.6 Å². The van der Waals surface area contributed by atoms with Crippen molar-refractivity contribution in [1.29, 1.82) is 0 Å². The summed E-state index contributed by atoms with van der Waals surface area (Å²) in [6.45, 7) is 3.57. The van der Waals surface area contributed by atoms with Gasteiger partial charge in [0.25, 0.3) is 0 Å². The van der Waals surface area contributed by atoms with Gasteiger partial charge < -0.3 is 19.9 Å². The second-order valence-electron chi connectivity index (χ2n) is 8.18. The third-order valence-electron chi connectivity index (χ3n) is 5.91. The van der Waals surface area contributed by atoms with Gasteiger partial charge in [-0.05, 0) is 38.1 Å². The van der Waals surface area contributed by atoms with Gasteiger partial charge >= 0.3 is 51.4 Å². The molecule has 0 spiro atoms. The number of carboxylic acids is 1. The summed E-state index contributed by atoms with van der Waals surface area (Å²) >= 11 is 1.38. The number of aliphatic hydroxyl groups is 1. The molecule has 5 rings (SSSR count). The Morgan fingerprint density at radius 3 is 2.48 bits per heavy atom. The fourth-order valence-electron chi connectivity index (χ4n) is 4.57. The van der Waals surface area contributed by atoms with Gasteiger partial charge in [0, 0.05) is 10.4 Å². The molecule has 31 heavy (non-hydrogen) atoms. The van der Waals surface area contributed by atoms with E-state index in [-0.39, 0.29) is 57.3 Å². The van der Waals surface area contributed by atoms with E-state index in [4.69, 9.17) is 0 Å². The van der Waals surface area contributed by atoms with Gasteiger partial charge in [-0.2, -0.15) is 0 Å². The zero-order valence-electron chi connectivity index (χ0n) is 17.4. The molecule has 2 fully saturated rings. The van der Waals surface area contributed by atoms with Gasteiger partial charge in [-0.25, -0.2) is 4.98 Å². The van der Waals surface area contributed by atoms with Gasteiger partial charge in [-0.3, -0.25) is 9.36 Å². The molecule has 0 saturated carbocycles. The first kappa shape index (κ1) is 23.0. The predicted octanol–water partition coefficient (Wildman–Crippen LogP) is -1.51. The molecule has 1 N–H and O–H groups in total. The van der Waals surface area contributed by atoms with Crippen LogP contribution >= 0.6 is 11.8 Å². The second-order valence-corrected chi connectivity index (χ2v) is 9.95. The monoisotopic (exact) mass is 461 g/mol. The van der Waals surface area contributed by atoms with Gasteiger partial charge in [0.15, 0.2) is 0 Å². The number of nitrogens with zero attached hydrogens (tertiary/aromatic N) is 3. The molecule has 7 nitrogen and oxygen atoms in total. The smallest absolute Gasteiger partial charge is 0.548 e. The van der Waals surface area contributed by atoms with E-state index in [0.29, 0.717) is 11.3 Å². The van der Waals surface area contributed by atoms with Gasteiger partial charge in [0.1, 0.15) is 17.8 Å². The Morgan fingerprint density at radius 2 is 1.81 bits per heavy atom. The quantitative estimate of drug-likeness (QED) is 0.375. The molecule has 154 valence electrons. The van der Waals surface area contributed by atoms with E-state index in [1.165, 1.54) is 16.7 Å². The minimum Gasteiger partial charge on any atom is -0.548 e.